The van der Waals surface area contributed by atoms with Crippen molar-refractivity contribution < 1.29 is 0 Å². The standard InChI is InChI=1S/C8H11N/c1-3-7-4-8(5-9)6(7)2/h3,6,8H,4H2,1-2H3/b7-3+/t6-,8-/m1/s1. The number of nitriles is 1. The molecular formula is C8H11N. The average molecular weight is 121 g/mol. The third-order valence-electron chi connectivity index (χ3n) is 2.18. The molecule has 0 spiro atoms. The molecule has 0 aromatic carbocycles. The maximum Gasteiger partial charge on any atom is 0.0665 e. The molecule has 1 saturated carbocycles. The van der Waals surface area contributed by atoms with Crippen LogP contribution in [0.15, 0.2) is 11.6 Å². The maximum absolute atomic E-state index is 8.49. The Bertz CT molecular complexity index is 173. The van der Waals surface area contributed by atoms with Crippen molar-refractivity contribution in [3.63, 3.8) is 0 Å². The highest BCUT2D eigenvalue weighted by Gasteiger charge is 2.30. The highest BCUT2D eigenvalue weighted by atomic mass is 14.4. The van der Waals surface area contributed by atoms with Gasteiger partial charge in [-0.25, -0.2) is 0 Å². The van der Waals surface area contributed by atoms with E-state index in [1.807, 2.05) is 6.92 Å². The highest BCUT2D eigenvalue weighted by molar-refractivity contribution is 5.21. The summed E-state index contributed by atoms with van der Waals surface area (Å²) in [5.41, 5.74) is 1.45. The van der Waals surface area contributed by atoms with Crippen molar-refractivity contribution in [3.05, 3.63) is 11.6 Å². The molecule has 0 aromatic rings. The first-order valence-corrected chi connectivity index (χ1v) is 3.34. The van der Waals surface area contributed by atoms with Crippen LogP contribution in [0.3, 0.4) is 0 Å². The van der Waals surface area contributed by atoms with Crippen LogP contribution >= 0.6 is 0 Å². The van der Waals surface area contributed by atoms with Gasteiger partial charge >= 0.3 is 0 Å². The molecule has 0 heterocycles. The van der Waals surface area contributed by atoms with E-state index in [4.69, 9.17) is 5.26 Å². The average Bonchev–Trinajstić information content (AvgIpc) is 1.87. The number of allylic oxidation sites excluding steroid dienone is 2. The van der Waals surface area contributed by atoms with Gasteiger partial charge in [-0.2, -0.15) is 5.26 Å². The van der Waals surface area contributed by atoms with Gasteiger partial charge in [-0.15, -0.1) is 0 Å². The first-order chi connectivity index (χ1) is 4.29. The molecule has 0 N–H and O–H groups in total. The normalized spacial score (nSPS) is 37.7. The van der Waals surface area contributed by atoms with Crippen LogP contribution in [0.5, 0.6) is 0 Å². The first kappa shape index (κ1) is 6.35. The van der Waals surface area contributed by atoms with Crippen LogP contribution in [0.4, 0.5) is 0 Å². The fraction of sp³-hybridized carbons (Fsp3) is 0.625. The topological polar surface area (TPSA) is 23.8 Å². The summed E-state index contributed by atoms with van der Waals surface area (Å²) in [6, 6.07) is 2.27. The fourth-order valence-corrected chi connectivity index (χ4v) is 1.25. The summed E-state index contributed by atoms with van der Waals surface area (Å²) < 4.78 is 0. The zero-order valence-electron chi connectivity index (χ0n) is 5.89. The van der Waals surface area contributed by atoms with Crippen molar-refractivity contribution >= 4 is 0 Å². The molecule has 0 radical (unpaired) electrons. The molecule has 0 saturated heterocycles. The van der Waals surface area contributed by atoms with Crippen LogP contribution < -0.4 is 0 Å². The zero-order chi connectivity index (χ0) is 6.85. The van der Waals surface area contributed by atoms with E-state index in [1.165, 1.54) is 5.57 Å². The molecule has 1 fully saturated rings. The Morgan fingerprint density at radius 2 is 2.44 bits per heavy atom. The van der Waals surface area contributed by atoms with Gasteiger partial charge in [-0.05, 0) is 19.3 Å². The van der Waals surface area contributed by atoms with E-state index in [0.717, 1.165) is 6.42 Å². The Hall–Kier alpha value is -0.770. The van der Waals surface area contributed by atoms with E-state index in [-0.39, 0.29) is 0 Å². The number of hydrogen-bond acceptors (Lipinski definition) is 1. The lowest BCUT2D eigenvalue weighted by Crippen LogP contribution is -2.24. The van der Waals surface area contributed by atoms with Crippen molar-refractivity contribution in [2.24, 2.45) is 11.8 Å². The van der Waals surface area contributed by atoms with E-state index in [2.05, 4.69) is 19.1 Å². The number of nitrogens with zero attached hydrogens (tertiary/aromatic N) is 1. The third-order valence-corrected chi connectivity index (χ3v) is 2.18. The molecule has 1 nitrogen and oxygen atoms in total. The molecule has 48 valence electrons. The fourth-order valence-electron chi connectivity index (χ4n) is 1.25. The molecule has 9 heavy (non-hydrogen) atoms. The molecule has 1 aliphatic rings. The lowest BCUT2D eigenvalue weighted by molar-refractivity contribution is 0.376. The predicted molar refractivity (Wildman–Crippen MR) is 36.6 cm³/mol. The number of hydrogen-bond donors (Lipinski definition) is 0. The molecule has 0 aromatic heterocycles. The van der Waals surface area contributed by atoms with Crippen LogP contribution in [0, 0.1) is 23.2 Å². The Balaban J connectivity index is 2.54. The Morgan fingerprint density at radius 3 is 2.78 bits per heavy atom. The van der Waals surface area contributed by atoms with Crippen molar-refractivity contribution in [1.29, 1.82) is 5.26 Å². The first-order valence-electron chi connectivity index (χ1n) is 3.34. The molecule has 0 aliphatic heterocycles. The van der Waals surface area contributed by atoms with Crippen molar-refractivity contribution in [2.45, 2.75) is 20.3 Å². The summed E-state index contributed by atoms with van der Waals surface area (Å²) >= 11 is 0. The summed E-state index contributed by atoms with van der Waals surface area (Å²) in [6.45, 7) is 4.16. The molecule has 0 unspecified atom stereocenters. The third kappa shape index (κ3) is 0.853. The summed E-state index contributed by atoms with van der Waals surface area (Å²) in [4.78, 5) is 0. The largest absolute Gasteiger partial charge is 0.198 e. The maximum atomic E-state index is 8.49. The second-order valence-corrected chi connectivity index (χ2v) is 2.59. The zero-order valence-corrected chi connectivity index (χ0v) is 5.89. The van der Waals surface area contributed by atoms with Crippen LogP contribution in [-0.4, -0.2) is 0 Å². The second-order valence-electron chi connectivity index (χ2n) is 2.59. The van der Waals surface area contributed by atoms with Crippen LogP contribution in [-0.2, 0) is 0 Å². The van der Waals surface area contributed by atoms with E-state index in [1.54, 1.807) is 0 Å². The minimum Gasteiger partial charge on any atom is -0.198 e. The van der Waals surface area contributed by atoms with Gasteiger partial charge in [0.2, 0.25) is 0 Å². The van der Waals surface area contributed by atoms with Crippen molar-refractivity contribution in [1.82, 2.24) is 0 Å². The summed E-state index contributed by atoms with van der Waals surface area (Å²) in [6.07, 6.45) is 3.13. The Kier molecular flexibility index (Phi) is 1.57. The molecule has 0 bridgehead atoms. The lowest BCUT2D eigenvalue weighted by atomic mass is 9.71. The Labute approximate surface area is 56.0 Å². The SMILES string of the molecule is C/C=C1\C[C@H](C#N)[C@@H]1C. The van der Waals surface area contributed by atoms with Gasteiger partial charge in [-0.1, -0.05) is 18.6 Å². The van der Waals surface area contributed by atoms with Crippen molar-refractivity contribution in [2.75, 3.05) is 0 Å². The van der Waals surface area contributed by atoms with E-state index < -0.39 is 0 Å². The van der Waals surface area contributed by atoms with Gasteiger partial charge in [0.25, 0.3) is 0 Å². The van der Waals surface area contributed by atoms with Gasteiger partial charge in [0, 0.05) is 0 Å². The van der Waals surface area contributed by atoms with Crippen LogP contribution in [0.2, 0.25) is 0 Å². The predicted octanol–water partition coefficient (Wildman–Crippen LogP) is 2.11. The summed E-state index contributed by atoms with van der Waals surface area (Å²) in [5, 5.41) is 8.49. The minimum atomic E-state index is 0.302. The summed E-state index contributed by atoms with van der Waals surface area (Å²) in [7, 11) is 0. The van der Waals surface area contributed by atoms with Crippen LogP contribution in [0.25, 0.3) is 0 Å². The molecule has 0 amide bonds. The molecule has 1 aliphatic carbocycles. The Morgan fingerprint density at radius 1 is 1.78 bits per heavy atom. The van der Waals surface area contributed by atoms with Gasteiger partial charge in [0.05, 0.1) is 12.0 Å². The van der Waals surface area contributed by atoms with Gasteiger partial charge in [-0.3, -0.25) is 0 Å². The van der Waals surface area contributed by atoms with E-state index >= 15 is 0 Å². The highest BCUT2D eigenvalue weighted by Crippen LogP contribution is 2.38. The monoisotopic (exact) mass is 121 g/mol. The summed E-state index contributed by atoms with van der Waals surface area (Å²) in [5.74, 6) is 0.830. The van der Waals surface area contributed by atoms with Gasteiger partial charge in [0.1, 0.15) is 0 Å². The van der Waals surface area contributed by atoms with E-state index in [9.17, 15) is 0 Å². The smallest absolute Gasteiger partial charge is 0.0665 e. The van der Waals surface area contributed by atoms with E-state index in [0.29, 0.717) is 11.8 Å². The minimum absolute atomic E-state index is 0.302. The number of rotatable bonds is 0. The van der Waals surface area contributed by atoms with Crippen LogP contribution in [0.1, 0.15) is 20.3 Å². The molecule has 1 heteroatoms. The molecule has 2 atom stereocenters. The lowest BCUT2D eigenvalue weighted by Gasteiger charge is -2.31. The second kappa shape index (κ2) is 2.23. The molecular weight excluding hydrogens is 110 g/mol. The van der Waals surface area contributed by atoms with Crippen molar-refractivity contribution in [3.8, 4) is 6.07 Å². The molecule has 1 rings (SSSR count). The van der Waals surface area contributed by atoms with Gasteiger partial charge < -0.3 is 0 Å². The van der Waals surface area contributed by atoms with Gasteiger partial charge in [0.15, 0.2) is 0 Å². The quantitative estimate of drug-likeness (QED) is 0.450.